The van der Waals surface area contributed by atoms with E-state index in [1.807, 2.05) is 36.4 Å². The van der Waals surface area contributed by atoms with Crippen LogP contribution in [0.25, 0.3) is 22.2 Å². The van der Waals surface area contributed by atoms with E-state index in [4.69, 9.17) is 0 Å². The van der Waals surface area contributed by atoms with Gasteiger partial charge in [-0.2, -0.15) is 0 Å². The maximum Gasteiger partial charge on any atom is 0.123 e. The van der Waals surface area contributed by atoms with Crippen LogP contribution in [0.4, 0.5) is 10.1 Å². The number of anilines is 1. The first-order valence-electron chi connectivity index (χ1n) is 12.3. The summed E-state index contributed by atoms with van der Waals surface area (Å²) >= 11 is 0. The fraction of sp³-hybridized carbons (Fsp3) is 0.310. The summed E-state index contributed by atoms with van der Waals surface area (Å²) in [5, 5.41) is 20.9. The highest BCUT2D eigenvalue weighted by molar-refractivity contribution is 5.92. The first-order chi connectivity index (χ1) is 17.0. The lowest BCUT2D eigenvalue weighted by atomic mass is 10.1. The zero-order valence-electron chi connectivity index (χ0n) is 20.1. The lowest BCUT2D eigenvalue weighted by Crippen LogP contribution is -2.46. The summed E-state index contributed by atoms with van der Waals surface area (Å²) in [5.41, 5.74) is 5.55. The van der Waals surface area contributed by atoms with Crippen molar-refractivity contribution in [3.05, 3.63) is 78.1 Å². The van der Waals surface area contributed by atoms with Gasteiger partial charge in [0.1, 0.15) is 17.3 Å². The molecule has 1 aromatic heterocycles. The van der Waals surface area contributed by atoms with Crippen LogP contribution in [0.1, 0.15) is 18.4 Å². The molecule has 5 rings (SSSR count). The lowest BCUT2D eigenvalue weighted by Gasteiger charge is -2.36. The first-order valence-corrected chi connectivity index (χ1v) is 12.3. The number of phenols is 2. The number of hydrogen-bond donors (Lipinski definition) is 2. The molecule has 2 N–H and O–H groups in total. The number of rotatable bonds is 7. The smallest absolute Gasteiger partial charge is 0.123 e. The van der Waals surface area contributed by atoms with E-state index in [0.717, 1.165) is 85.5 Å². The summed E-state index contributed by atoms with van der Waals surface area (Å²) in [6, 6.07) is 19.7. The van der Waals surface area contributed by atoms with Crippen molar-refractivity contribution in [2.24, 2.45) is 0 Å². The Labute approximate surface area is 205 Å². The molecule has 1 saturated heterocycles. The molecule has 0 aliphatic carbocycles. The first kappa shape index (κ1) is 23.2. The highest BCUT2D eigenvalue weighted by Gasteiger charge is 2.18. The summed E-state index contributed by atoms with van der Waals surface area (Å²) in [6.45, 7) is 8.00. The number of aryl methyl sites for hydroxylation is 2. The van der Waals surface area contributed by atoms with E-state index in [0.29, 0.717) is 0 Å². The van der Waals surface area contributed by atoms with Crippen LogP contribution < -0.4 is 4.90 Å². The zero-order chi connectivity index (χ0) is 24.4. The van der Waals surface area contributed by atoms with Crippen LogP contribution in [0.3, 0.4) is 0 Å². The number of aromatic hydroxyl groups is 2. The van der Waals surface area contributed by atoms with Gasteiger partial charge < -0.3 is 19.7 Å². The maximum atomic E-state index is 13.2. The topological polar surface area (TPSA) is 51.9 Å². The monoisotopic (exact) mass is 473 g/mol. The number of hydrogen-bond acceptors (Lipinski definition) is 4. The van der Waals surface area contributed by atoms with Crippen LogP contribution in [0.15, 0.2) is 66.7 Å². The Bertz CT molecular complexity index is 1290. The second kappa shape index (κ2) is 10.0. The van der Waals surface area contributed by atoms with Crippen molar-refractivity contribution in [3.8, 4) is 22.8 Å². The van der Waals surface area contributed by atoms with Gasteiger partial charge >= 0.3 is 0 Å². The van der Waals surface area contributed by atoms with E-state index in [1.54, 1.807) is 18.2 Å². The molecule has 0 unspecified atom stereocenters. The van der Waals surface area contributed by atoms with Crippen LogP contribution in [0.5, 0.6) is 11.5 Å². The normalized spacial score (nSPS) is 14.6. The van der Waals surface area contributed by atoms with Crippen LogP contribution in [-0.2, 0) is 6.54 Å². The molecule has 1 aliphatic rings. The van der Waals surface area contributed by atoms with Gasteiger partial charge in [0.05, 0.1) is 5.69 Å². The van der Waals surface area contributed by atoms with Crippen molar-refractivity contribution >= 4 is 16.6 Å². The third kappa shape index (κ3) is 4.98. The van der Waals surface area contributed by atoms with Gasteiger partial charge in [-0.25, -0.2) is 4.39 Å². The van der Waals surface area contributed by atoms with Crippen molar-refractivity contribution in [2.45, 2.75) is 26.3 Å². The number of piperazine rings is 1. The highest BCUT2D eigenvalue weighted by atomic mass is 19.1. The summed E-state index contributed by atoms with van der Waals surface area (Å²) in [4.78, 5) is 4.84. The third-order valence-corrected chi connectivity index (χ3v) is 7.11. The number of unbranched alkanes of at least 4 members (excludes halogenated alkanes) is 1. The molecule has 3 aromatic carbocycles. The molecule has 0 amide bonds. The third-order valence-electron chi connectivity index (χ3n) is 7.11. The average Bonchev–Trinajstić information content (AvgIpc) is 3.14. The molecule has 4 aromatic rings. The molecule has 0 bridgehead atoms. The average molecular weight is 474 g/mol. The van der Waals surface area contributed by atoms with Gasteiger partial charge in [-0.1, -0.05) is 0 Å². The van der Waals surface area contributed by atoms with Crippen LogP contribution in [-0.4, -0.2) is 52.4 Å². The Morgan fingerprint density at radius 2 is 1.43 bits per heavy atom. The van der Waals surface area contributed by atoms with Gasteiger partial charge in [-0.15, -0.1) is 0 Å². The lowest BCUT2D eigenvalue weighted by molar-refractivity contribution is 0.251. The number of benzene rings is 3. The van der Waals surface area contributed by atoms with Crippen molar-refractivity contribution in [3.63, 3.8) is 0 Å². The molecule has 1 aliphatic heterocycles. The molecule has 0 spiro atoms. The molecular weight excluding hydrogens is 441 g/mol. The minimum atomic E-state index is -0.191. The number of nitrogens with zero attached hydrogens (tertiary/aromatic N) is 3. The Hall–Kier alpha value is -3.51. The molecule has 182 valence electrons. The maximum absolute atomic E-state index is 13.2. The van der Waals surface area contributed by atoms with Crippen molar-refractivity contribution in [2.75, 3.05) is 37.6 Å². The van der Waals surface area contributed by atoms with Gasteiger partial charge in [0.2, 0.25) is 0 Å². The van der Waals surface area contributed by atoms with Gasteiger partial charge in [0.25, 0.3) is 0 Å². The molecule has 1 fully saturated rings. The quantitative estimate of drug-likeness (QED) is 0.335. The summed E-state index contributed by atoms with van der Waals surface area (Å²) < 4.78 is 15.6. The van der Waals surface area contributed by atoms with E-state index in [9.17, 15) is 14.6 Å². The standard InChI is InChI=1S/C29H32FN3O2/c1-21-27-20-26(35)12-13-28(27)33(29(21)22-4-10-25(34)11-5-22)15-3-2-14-31-16-18-32(19-17-31)24-8-6-23(30)7-9-24/h4-13,20,34-35H,2-3,14-19H2,1H3. The van der Waals surface area contributed by atoms with E-state index in [2.05, 4.69) is 21.3 Å². The molecule has 6 heteroatoms. The van der Waals surface area contributed by atoms with Gasteiger partial charge in [0.15, 0.2) is 0 Å². The van der Waals surface area contributed by atoms with E-state index < -0.39 is 0 Å². The van der Waals surface area contributed by atoms with E-state index in [1.165, 1.54) is 12.1 Å². The number of phenolic OH excluding ortho intramolecular Hbond substituents is 2. The molecule has 0 atom stereocenters. The van der Waals surface area contributed by atoms with Gasteiger partial charge in [0, 0.05) is 49.3 Å². The number of fused-ring (bicyclic) bond motifs is 1. The molecule has 2 heterocycles. The zero-order valence-corrected chi connectivity index (χ0v) is 20.1. The predicted molar refractivity (Wildman–Crippen MR) is 140 cm³/mol. The Balaban J connectivity index is 1.23. The second-order valence-electron chi connectivity index (χ2n) is 9.39. The van der Waals surface area contributed by atoms with Crippen molar-refractivity contribution in [1.29, 1.82) is 0 Å². The van der Waals surface area contributed by atoms with Gasteiger partial charge in [-0.3, -0.25) is 4.90 Å². The minimum Gasteiger partial charge on any atom is -0.508 e. The summed E-state index contributed by atoms with van der Waals surface area (Å²) in [6.07, 6.45) is 2.15. The summed E-state index contributed by atoms with van der Waals surface area (Å²) in [7, 11) is 0. The molecule has 35 heavy (non-hydrogen) atoms. The number of aromatic nitrogens is 1. The van der Waals surface area contributed by atoms with Crippen molar-refractivity contribution < 1.29 is 14.6 Å². The second-order valence-corrected chi connectivity index (χ2v) is 9.39. The Kier molecular flexibility index (Phi) is 6.64. The SMILES string of the molecule is Cc1c(-c2ccc(O)cc2)n(CCCCN2CCN(c3ccc(F)cc3)CC2)c2ccc(O)cc12. The number of halogens is 1. The Morgan fingerprint density at radius 1 is 0.771 bits per heavy atom. The highest BCUT2D eigenvalue weighted by Crippen LogP contribution is 2.36. The predicted octanol–water partition coefficient (Wildman–Crippen LogP) is 5.77. The molecular formula is C29H32FN3O2. The summed E-state index contributed by atoms with van der Waals surface area (Å²) in [5.74, 6) is 0.337. The van der Waals surface area contributed by atoms with Gasteiger partial charge in [-0.05, 0) is 104 Å². The van der Waals surface area contributed by atoms with Crippen molar-refractivity contribution in [1.82, 2.24) is 9.47 Å². The molecule has 0 radical (unpaired) electrons. The minimum absolute atomic E-state index is 0.191. The van der Waals surface area contributed by atoms with E-state index >= 15 is 0 Å². The van der Waals surface area contributed by atoms with Crippen LogP contribution in [0.2, 0.25) is 0 Å². The Morgan fingerprint density at radius 3 is 2.14 bits per heavy atom. The van der Waals surface area contributed by atoms with E-state index in [-0.39, 0.29) is 17.3 Å². The largest absolute Gasteiger partial charge is 0.508 e. The molecule has 0 saturated carbocycles. The fourth-order valence-corrected chi connectivity index (χ4v) is 5.22. The van der Waals surface area contributed by atoms with Crippen LogP contribution >= 0.6 is 0 Å². The molecule has 5 nitrogen and oxygen atoms in total. The fourth-order valence-electron chi connectivity index (χ4n) is 5.22. The van der Waals surface area contributed by atoms with Crippen LogP contribution in [0, 0.1) is 12.7 Å².